The van der Waals surface area contributed by atoms with E-state index in [1.165, 1.54) is 16.9 Å². The summed E-state index contributed by atoms with van der Waals surface area (Å²) in [6.07, 6.45) is 5.63. The lowest BCUT2D eigenvalue weighted by atomic mass is 10.1. The van der Waals surface area contributed by atoms with Crippen molar-refractivity contribution in [2.24, 2.45) is 0 Å². The second kappa shape index (κ2) is 5.23. The van der Waals surface area contributed by atoms with Crippen LogP contribution in [-0.4, -0.2) is 19.8 Å². The van der Waals surface area contributed by atoms with Crippen molar-refractivity contribution in [1.29, 1.82) is 0 Å². The van der Waals surface area contributed by atoms with Gasteiger partial charge in [-0.15, -0.1) is 10.2 Å². The lowest BCUT2D eigenvalue weighted by molar-refractivity contribution is 0.575. The molecule has 0 saturated heterocycles. The Labute approximate surface area is 130 Å². The molecule has 0 amide bonds. The van der Waals surface area contributed by atoms with E-state index in [9.17, 15) is 0 Å². The third kappa shape index (κ3) is 2.33. The van der Waals surface area contributed by atoms with Crippen molar-refractivity contribution in [3.05, 3.63) is 58.8 Å². The molecule has 0 N–H and O–H groups in total. The summed E-state index contributed by atoms with van der Waals surface area (Å²) in [5.41, 5.74) is 2.39. The van der Waals surface area contributed by atoms with E-state index in [-0.39, 0.29) is 0 Å². The summed E-state index contributed by atoms with van der Waals surface area (Å²) in [5, 5.41) is 13.6. The molecule has 0 bridgehead atoms. The van der Waals surface area contributed by atoms with Gasteiger partial charge in [0.1, 0.15) is 5.01 Å². The fourth-order valence-electron chi connectivity index (χ4n) is 2.10. The molecule has 0 spiro atoms. The largest absolute Gasteiger partial charge is 0.461 e. The molecule has 4 rings (SSSR count). The molecule has 0 unspecified atom stereocenters. The molecule has 3 heterocycles. The van der Waals surface area contributed by atoms with Crippen LogP contribution in [0.2, 0.25) is 0 Å². The number of hydrogen-bond donors (Lipinski definition) is 0. The fourth-order valence-corrected chi connectivity index (χ4v) is 2.84. The fraction of sp³-hybridized carbons (Fsp3) is 0.0625. The summed E-state index contributed by atoms with van der Waals surface area (Å²) in [6.45, 7) is 2.08. The van der Waals surface area contributed by atoms with Crippen LogP contribution >= 0.6 is 11.3 Å². The van der Waals surface area contributed by atoms with Gasteiger partial charge in [0.25, 0.3) is 0 Å². The van der Waals surface area contributed by atoms with E-state index >= 15 is 0 Å². The molecular weight excluding hydrogens is 296 g/mol. The van der Waals surface area contributed by atoms with E-state index in [0.29, 0.717) is 11.6 Å². The number of fused-ring (bicyclic) bond motifs is 1. The average molecular weight is 308 g/mol. The number of hydrogen-bond acceptors (Lipinski definition) is 5. The maximum absolute atomic E-state index is 5.36. The highest BCUT2D eigenvalue weighted by molar-refractivity contribution is 7.17. The third-order valence-corrected chi connectivity index (χ3v) is 4.11. The number of furan rings is 1. The molecule has 4 aromatic rings. The van der Waals surface area contributed by atoms with Gasteiger partial charge in [0.15, 0.2) is 5.76 Å². The van der Waals surface area contributed by atoms with Crippen molar-refractivity contribution in [3.63, 3.8) is 0 Å². The van der Waals surface area contributed by atoms with Gasteiger partial charge < -0.3 is 4.42 Å². The summed E-state index contributed by atoms with van der Waals surface area (Å²) in [5.74, 6) is 1.28. The minimum atomic E-state index is 0.617. The zero-order valence-corrected chi connectivity index (χ0v) is 12.6. The van der Waals surface area contributed by atoms with Gasteiger partial charge in [-0.3, -0.25) is 0 Å². The monoisotopic (exact) mass is 308 g/mol. The molecular formula is C16H12N4OS. The maximum Gasteiger partial charge on any atom is 0.235 e. The Balaban J connectivity index is 1.67. The first-order valence-corrected chi connectivity index (χ1v) is 7.62. The zero-order valence-electron chi connectivity index (χ0n) is 11.8. The highest BCUT2D eigenvalue weighted by Gasteiger charge is 2.14. The highest BCUT2D eigenvalue weighted by Crippen LogP contribution is 2.22. The Morgan fingerprint density at radius 1 is 1.09 bits per heavy atom. The number of nitrogens with zero attached hydrogens (tertiary/aromatic N) is 4. The Morgan fingerprint density at radius 2 is 1.95 bits per heavy atom. The molecule has 0 atom stereocenters. The minimum absolute atomic E-state index is 0.617. The predicted octanol–water partition coefficient (Wildman–Crippen LogP) is 3.92. The van der Waals surface area contributed by atoms with Crippen LogP contribution in [-0.2, 0) is 0 Å². The standard InChI is InChI=1S/C16H12N4OS/c1-11-4-6-12(7-5-11)8-9-14-19-20-15(13-3-2-10-21-13)17-18-16(20)22-14/h2-10H,1H3/b9-8+. The lowest BCUT2D eigenvalue weighted by Crippen LogP contribution is -1.89. The van der Waals surface area contributed by atoms with Gasteiger partial charge in [0.2, 0.25) is 10.8 Å². The Kier molecular flexibility index (Phi) is 3.08. The summed E-state index contributed by atoms with van der Waals surface area (Å²) in [4.78, 5) is 0.745. The highest BCUT2D eigenvalue weighted by atomic mass is 32.1. The first kappa shape index (κ1) is 13.0. The summed E-state index contributed by atoms with van der Waals surface area (Å²) in [7, 11) is 0. The summed E-state index contributed by atoms with van der Waals surface area (Å²) in [6, 6.07) is 12.0. The van der Waals surface area contributed by atoms with E-state index in [1.54, 1.807) is 10.8 Å². The van der Waals surface area contributed by atoms with Crippen LogP contribution in [0.25, 0.3) is 28.7 Å². The van der Waals surface area contributed by atoms with Crippen molar-refractivity contribution in [2.45, 2.75) is 6.92 Å². The molecule has 0 saturated carbocycles. The van der Waals surface area contributed by atoms with Gasteiger partial charge in [-0.25, -0.2) is 0 Å². The van der Waals surface area contributed by atoms with E-state index in [2.05, 4.69) is 46.5 Å². The van der Waals surface area contributed by atoms with E-state index < -0.39 is 0 Å². The van der Waals surface area contributed by atoms with Gasteiger partial charge >= 0.3 is 0 Å². The van der Waals surface area contributed by atoms with E-state index in [0.717, 1.165) is 15.5 Å². The Morgan fingerprint density at radius 3 is 2.73 bits per heavy atom. The van der Waals surface area contributed by atoms with Crippen LogP contribution in [0.15, 0.2) is 47.1 Å². The second-order valence-electron chi connectivity index (χ2n) is 4.88. The van der Waals surface area contributed by atoms with Crippen molar-refractivity contribution in [3.8, 4) is 11.6 Å². The second-order valence-corrected chi connectivity index (χ2v) is 5.87. The minimum Gasteiger partial charge on any atom is -0.461 e. The molecule has 5 nitrogen and oxygen atoms in total. The first-order chi connectivity index (χ1) is 10.8. The van der Waals surface area contributed by atoms with Crippen molar-refractivity contribution < 1.29 is 4.42 Å². The van der Waals surface area contributed by atoms with Crippen LogP contribution in [0.4, 0.5) is 0 Å². The topological polar surface area (TPSA) is 56.2 Å². The van der Waals surface area contributed by atoms with Gasteiger partial charge in [0, 0.05) is 0 Å². The molecule has 3 aromatic heterocycles. The molecule has 6 heteroatoms. The van der Waals surface area contributed by atoms with Crippen LogP contribution in [0, 0.1) is 6.92 Å². The van der Waals surface area contributed by atoms with Crippen molar-refractivity contribution in [2.75, 3.05) is 0 Å². The third-order valence-electron chi connectivity index (χ3n) is 3.24. The zero-order chi connectivity index (χ0) is 14.9. The predicted molar refractivity (Wildman–Crippen MR) is 86.5 cm³/mol. The Hall–Kier alpha value is -2.73. The van der Waals surface area contributed by atoms with Crippen molar-refractivity contribution >= 4 is 28.4 Å². The van der Waals surface area contributed by atoms with E-state index in [4.69, 9.17) is 4.42 Å². The van der Waals surface area contributed by atoms with Crippen LogP contribution < -0.4 is 0 Å². The number of rotatable bonds is 3. The molecule has 0 aliphatic rings. The van der Waals surface area contributed by atoms with Gasteiger partial charge in [0.05, 0.1) is 6.26 Å². The molecule has 1 aromatic carbocycles. The van der Waals surface area contributed by atoms with Gasteiger partial charge in [-0.2, -0.15) is 9.61 Å². The lowest BCUT2D eigenvalue weighted by Gasteiger charge is -1.93. The van der Waals surface area contributed by atoms with E-state index in [1.807, 2.05) is 24.3 Å². The molecule has 0 radical (unpaired) electrons. The van der Waals surface area contributed by atoms with Gasteiger partial charge in [-0.05, 0) is 30.7 Å². The molecule has 108 valence electrons. The van der Waals surface area contributed by atoms with Crippen LogP contribution in [0.5, 0.6) is 0 Å². The van der Waals surface area contributed by atoms with Crippen molar-refractivity contribution in [1.82, 2.24) is 19.8 Å². The molecule has 0 fully saturated rings. The quantitative estimate of drug-likeness (QED) is 0.575. The Bertz CT molecular complexity index is 933. The summed E-state index contributed by atoms with van der Waals surface area (Å²) < 4.78 is 7.07. The smallest absolute Gasteiger partial charge is 0.235 e. The molecule has 0 aliphatic carbocycles. The maximum atomic E-state index is 5.36. The number of aryl methyl sites for hydroxylation is 1. The number of benzene rings is 1. The SMILES string of the molecule is Cc1ccc(/C=C/c2nn3c(-c4ccco4)nnc3s2)cc1. The molecule has 22 heavy (non-hydrogen) atoms. The van der Waals surface area contributed by atoms with Crippen LogP contribution in [0.3, 0.4) is 0 Å². The number of aromatic nitrogens is 4. The summed E-state index contributed by atoms with van der Waals surface area (Å²) >= 11 is 1.49. The van der Waals surface area contributed by atoms with Crippen LogP contribution in [0.1, 0.15) is 16.1 Å². The average Bonchev–Trinajstić information content (AvgIpc) is 3.22. The molecule has 0 aliphatic heterocycles. The van der Waals surface area contributed by atoms with Gasteiger partial charge in [-0.1, -0.05) is 47.2 Å². The first-order valence-electron chi connectivity index (χ1n) is 6.80. The normalized spacial score (nSPS) is 11.7.